The zero-order valence-corrected chi connectivity index (χ0v) is 20.6. The van der Waals surface area contributed by atoms with Crippen molar-refractivity contribution in [3.63, 3.8) is 0 Å². The predicted molar refractivity (Wildman–Crippen MR) is 133 cm³/mol. The molecule has 2 aromatic rings. The lowest BCUT2D eigenvalue weighted by atomic mass is 9.75. The Morgan fingerprint density at radius 2 is 1.89 bits per heavy atom. The predicted octanol–water partition coefficient (Wildman–Crippen LogP) is 2.98. The highest BCUT2D eigenvalue weighted by Gasteiger charge is 2.47. The molecule has 3 atom stereocenters. The maximum absolute atomic E-state index is 13.6. The summed E-state index contributed by atoms with van der Waals surface area (Å²) < 4.78 is 7.01. The van der Waals surface area contributed by atoms with E-state index in [-0.39, 0.29) is 23.6 Å². The second-order valence-corrected chi connectivity index (χ2v) is 11.0. The molecule has 2 aliphatic heterocycles. The molecule has 1 saturated heterocycles. The van der Waals surface area contributed by atoms with Crippen LogP contribution in [-0.2, 0) is 26.8 Å². The van der Waals surface area contributed by atoms with Gasteiger partial charge in [-0.05, 0) is 73.6 Å². The zero-order chi connectivity index (χ0) is 24.9. The molecule has 3 amide bonds. The molecule has 0 radical (unpaired) electrons. The Bertz CT molecular complexity index is 1190. The van der Waals surface area contributed by atoms with Gasteiger partial charge in [-0.15, -0.1) is 0 Å². The van der Waals surface area contributed by atoms with E-state index in [9.17, 15) is 14.4 Å². The highest BCUT2D eigenvalue weighted by molar-refractivity contribution is 6.07. The molecule has 36 heavy (non-hydrogen) atoms. The van der Waals surface area contributed by atoms with Crippen molar-refractivity contribution in [1.29, 1.82) is 0 Å². The maximum atomic E-state index is 13.6. The molecule has 9 heteroatoms. The van der Waals surface area contributed by atoms with E-state index in [1.165, 1.54) is 23.9 Å². The summed E-state index contributed by atoms with van der Waals surface area (Å²) >= 11 is 0. The molecule has 190 valence electrons. The molecule has 1 aromatic carbocycles. The Morgan fingerprint density at radius 3 is 2.58 bits per heavy atom. The van der Waals surface area contributed by atoms with E-state index >= 15 is 0 Å². The number of nitrogens with zero attached hydrogens (tertiary/aromatic N) is 2. The van der Waals surface area contributed by atoms with Crippen molar-refractivity contribution in [2.24, 2.45) is 24.8 Å². The van der Waals surface area contributed by atoms with Crippen LogP contribution in [0.4, 0.5) is 11.4 Å². The van der Waals surface area contributed by atoms with Crippen LogP contribution >= 0.6 is 0 Å². The van der Waals surface area contributed by atoms with E-state index < -0.39 is 11.5 Å². The van der Waals surface area contributed by atoms with Crippen LogP contribution < -0.4 is 16.0 Å². The SMILES string of the molecule is Cn1nccc1C(=O)NC(C(=O)Nc1ccc2c(c1)NC(=O)C21CCOCC1)C1CC2CCC(C2)C1. The van der Waals surface area contributed by atoms with Crippen LogP contribution in [0.2, 0.25) is 0 Å². The summed E-state index contributed by atoms with van der Waals surface area (Å²) in [6.45, 7) is 1.12. The van der Waals surface area contributed by atoms with Crippen molar-refractivity contribution in [2.45, 2.75) is 56.4 Å². The van der Waals surface area contributed by atoms with E-state index in [4.69, 9.17) is 4.74 Å². The first kappa shape index (κ1) is 23.2. The third-order valence-corrected chi connectivity index (χ3v) is 8.85. The first-order chi connectivity index (χ1) is 17.4. The van der Waals surface area contributed by atoms with Crippen molar-refractivity contribution < 1.29 is 19.1 Å². The van der Waals surface area contributed by atoms with Gasteiger partial charge < -0.3 is 20.7 Å². The minimum absolute atomic E-state index is 0.00303. The molecule has 1 spiro atoms. The summed E-state index contributed by atoms with van der Waals surface area (Å²) in [6.07, 6.45) is 8.45. The monoisotopic (exact) mass is 491 g/mol. The normalized spacial score (nSPS) is 26.8. The molecule has 2 aliphatic carbocycles. The summed E-state index contributed by atoms with van der Waals surface area (Å²) in [5.74, 6) is 0.834. The van der Waals surface area contributed by atoms with Crippen LogP contribution in [0, 0.1) is 17.8 Å². The average molecular weight is 492 g/mol. The van der Waals surface area contributed by atoms with Gasteiger partial charge in [0.2, 0.25) is 11.8 Å². The number of carbonyl (C=O) groups excluding carboxylic acids is 3. The van der Waals surface area contributed by atoms with E-state index in [0.29, 0.717) is 49.3 Å². The second kappa shape index (κ2) is 9.03. The summed E-state index contributed by atoms with van der Waals surface area (Å²) in [4.78, 5) is 39.6. The summed E-state index contributed by atoms with van der Waals surface area (Å²) in [5.41, 5.74) is 2.21. The number of carbonyl (C=O) groups is 3. The number of rotatable bonds is 5. The lowest BCUT2D eigenvalue weighted by molar-refractivity contribution is -0.124. The molecular formula is C27H33N5O4. The standard InChI is InChI=1S/C27H33N5O4/c1-32-22(6-9-28-32)24(33)31-23(18-13-16-2-3-17(12-16)14-18)25(34)29-19-4-5-20-21(15-19)30-26(35)27(20)7-10-36-11-8-27/h4-6,9,15-18,23H,2-3,7-8,10-14H2,1H3,(H,29,34)(H,30,35)(H,31,33). The van der Waals surface area contributed by atoms with Crippen molar-refractivity contribution in [3.8, 4) is 0 Å². The third-order valence-electron chi connectivity index (χ3n) is 8.85. The number of fused-ring (bicyclic) bond motifs is 4. The Balaban J connectivity index is 1.23. The van der Waals surface area contributed by atoms with Crippen molar-refractivity contribution in [2.75, 3.05) is 23.8 Å². The quantitative estimate of drug-likeness (QED) is 0.595. The van der Waals surface area contributed by atoms with E-state index in [0.717, 1.165) is 24.1 Å². The third kappa shape index (κ3) is 3.99. The van der Waals surface area contributed by atoms with Crippen molar-refractivity contribution >= 4 is 29.1 Å². The topological polar surface area (TPSA) is 114 Å². The molecule has 6 rings (SSSR count). The van der Waals surface area contributed by atoms with Gasteiger partial charge in [0.1, 0.15) is 11.7 Å². The lowest BCUT2D eigenvalue weighted by Crippen LogP contribution is -2.50. The molecule has 3 heterocycles. The van der Waals surface area contributed by atoms with Crippen LogP contribution in [0.1, 0.15) is 61.0 Å². The highest BCUT2D eigenvalue weighted by Crippen LogP contribution is 2.47. The van der Waals surface area contributed by atoms with Gasteiger partial charge in [0.25, 0.3) is 5.91 Å². The molecule has 3 N–H and O–H groups in total. The molecule has 3 unspecified atom stereocenters. The smallest absolute Gasteiger partial charge is 0.270 e. The summed E-state index contributed by atoms with van der Waals surface area (Å²) in [5, 5.41) is 13.2. The Hall–Kier alpha value is -3.20. The number of hydrogen-bond donors (Lipinski definition) is 3. The van der Waals surface area contributed by atoms with Gasteiger partial charge in [0.15, 0.2) is 0 Å². The van der Waals surface area contributed by atoms with Gasteiger partial charge in [-0.25, -0.2) is 0 Å². The number of benzene rings is 1. The first-order valence-electron chi connectivity index (χ1n) is 13.1. The van der Waals surface area contributed by atoms with Gasteiger partial charge in [0.05, 0.1) is 5.41 Å². The molecule has 3 fully saturated rings. The molecular weight excluding hydrogens is 458 g/mol. The van der Waals surface area contributed by atoms with Crippen LogP contribution in [-0.4, -0.2) is 46.8 Å². The Kier molecular flexibility index (Phi) is 5.82. The van der Waals surface area contributed by atoms with Crippen LogP contribution in [0.25, 0.3) is 0 Å². The van der Waals surface area contributed by atoms with Crippen molar-refractivity contribution in [3.05, 3.63) is 41.7 Å². The lowest BCUT2D eigenvalue weighted by Gasteiger charge is -2.33. The van der Waals surface area contributed by atoms with Gasteiger partial charge in [-0.3, -0.25) is 19.1 Å². The highest BCUT2D eigenvalue weighted by atomic mass is 16.5. The van der Waals surface area contributed by atoms with Gasteiger partial charge >= 0.3 is 0 Å². The van der Waals surface area contributed by atoms with Crippen LogP contribution in [0.15, 0.2) is 30.5 Å². The first-order valence-corrected chi connectivity index (χ1v) is 13.1. The van der Waals surface area contributed by atoms with E-state index in [1.807, 2.05) is 18.2 Å². The fourth-order valence-corrected chi connectivity index (χ4v) is 6.98. The fourth-order valence-electron chi connectivity index (χ4n) is 6.98. The number of nitrogens with one attached hydrogen (secondary N) is 3. The number of hydrogen-bond acceptors (Lipinski definition) is 5. The van der Waals surface area contributed by atoms with E-state index in [2.05, 4.69) is 21.0 Å². The molecule has 2 bridgehead atoms. The van der Waals surface area contributed by atoms with Gasteiger partial charge in [0, 0.05) is 37.8 Å². The summed E-state index contributed by atoms with van der Waals surface area (Å²) in [6, 6.07) is 6.65. The minimum Gasteiger partial charge on any atom is -0.381 e. The van der Waals surface area contributed by atoms with Crippen LogP contribution in [0.3, 0.4) is 0 Å². The van der Waals surface area contributed by atoms with Crippen molar-refractivity contribution in [1.82, 2.24) is 15.1 Å². The number of aromatic nitrogens is 2. The fraction of sp³-hybridized carbons (Fsp3) is 0.556. The average Bonchev–Trinajstić information content (AvgIpc) is 3.53. The zero-order valence-electron chi connectivity index (χ0n) is 20.6. The Morgan fingerprint density at radius 1 is 1.14 bits per heavy atom. The largest absolute Gasteiger partial charge is 0.381 e. The second-order valence-electron chi connectivity index (χ2n) is 11.0. The molecule has 2 saturated carbocycles. The molecule has 1 aromatic heterocycles. The minimum atomic E-state index is -0.638. The van der Waals surface area contributed by atoms with Crippen LogP contribution in [0.5, 0.6) is 0 Å². The Labute approximate surface area is 210 Å². The van der Waals surface area contributed by atoms with E-state index in [1.54, 1.807) is 19.3 Å². The maximum Gasteiger partial charge on any atom is 0.270 e. The van der Waals surface area contributed by atoms with Gasteiger partial charge in [-0.2, -0.15) is 5.10 Å². The molecule has 9 nitrogen and oxygen atoms in total. The summed E-state index contributed by atoms with van der Waals surface area (Å²) in [7, 11) is 1.72. The number of aryl methyl sites for hydroxylation is 1. The molecule has 4 aliphatic rings. The van der Waals surface area contributed by atoms with Gasteiger partial charge in [-0.1, -0.05) is 18.9 Å². The number of anilines is 2. The number of ether oxygens (including phenoxy) is 1. The number of amides is 3.